The molecule has 0 spiro atoms. The largest absolute Gasteiger partial charge is 0.486 e. The van der Waals surface area contributed by atoms with Crippen molar-refractivity contribution >= 4 is 11.9 Å². The Labute approximate surface area is 165 Å². The molecule has 0 N–H and O–H groups in total. The van der Waals surface area contributed by atoms with Gasteiger partial charge in [0.15, 0.2) is 18.1 Å². The summed E-state index contributed by atoms with van der Waals surface area (Å²) in [6.07, 6.45) is 1.06. The predicted octanol–water partition coefficient (Wildman–Crippen LogP) is 2.76. The number of fused-ring (bicyclic) bond motifs is 1. The van der Waals surface area contributed by atoms with Crippen LogP contribution in [0.25, 0.3) is 0 Å². The Morgan fingerprint density at radius 3 is 2.32 bits per heavy atom. The highest BCUT2D eigenvalue weighted by molar-refractivity contribution is 5.81. The lowest BCUT2D eigenvalue weighted by Gasteiger charge is -2.19. The first kappa shape index (κ1) is 19.7. The molecule has 0 saturated carbocycles. The molecule has 0 aliphatic carbocycles. The van der Waals surface area contributed by atoms with Crippen LogP contribution in [0.3, 0.4) is 0 Å². The number of hydrogen-bond donors (Lipinski definition) is 0. The molecule has 2 aromatic rings. The van der Waals surface area contributed by atoms with E-state index in [0.29, 0.717) is 31.3 Å². The Bertz CT molecular complexity index is 831. The Kier molecular flexibility index (Phi) is 6.53. The van der Waals surface area contributed by atoms with E-state index in [9.17, 15) is 9.59 Å². The molecule has 6 nitrogen and oxygen atoms in total. The minimum atomic E-state index is -0.453. The maximum Gasteiger partial charge on any atom is 0.310 e. The fraction of sp³-hybridized carbons (Fsp3) is 0.364. The smallest absolute Gasteiger partial charge is 0.310 e. The molecule has 1 aliphatic heterocycles. The molecule has 2 aromatic carbocycles. The number of carbonyl (C=O) groups is 2. The van der Waals surface area contributed by atoms with Gasteiger partial charge >= 0.3 is 5.97 Å². The number of nitrogens with zero attached hydrogens (tertiary/aromatic N) is 1. The third-order valence-electron chi connectivity index (χ3n) is 4.59. The molecular weight excluding hydrogens is 358 g/mol. The molecular formula is C22H25NO5. The van der Waals surface area contributed by atoms with Gasteiger partial charge in [-0.2, -0.15) is 0 Å². The summed E-state index contributed by atoms with van der Waals surface area (Å²) in [4.78, 5) is 25.9. The molecule has 0 bridgehead atoms. The predicted molar refractivity (Wildman–Crippen MR) is 104 cm³/mol. The van der Waals surface area contributed by atoms with Gasteiger partial charge in [0.2, 0.25) is 0 Å². The van der Waals surface area contributed by atoms with Gasteiger partial charge in [-0.05, 0) is 35.2 Å². The summed E-state index contributed by atoms with van der Waals surface area (Å²) in [5.41, 5.74) is 3.05. The van der Waals surface area contributed by atoms with Crippen molar-refractivity contribution in [3.63, 3.8) is 0 Å². The van der Waals surface area contributed by atoms with Crippen LogP contribution in [0, 0.1) is 0 Å². The average molecular weight is 383 g/mol. The highest BCUT2D eigenvalue weighted by Gasteiger charge is 2.16. The highest BCUT2D eigenvalue weighted by Crippen LogP contribution is 2.30. The number of benzene rings is 2. The lowest BCUT2D eigenvalue weighted by atomic mass is 10.1. The molecule has 148 valence electrons. The molecule has 0 aromatic heterocycles. The van der Waals surface area contributed by atoms with Crippen molar-refractivity contribution in [2.24, 2.45) is 0 Å². The van der Waals surface area contributed by atoms with E-state index in [4.69, 9.17) is 14.2 Å². The summed E-state index contributed by atoms with van der Waals surface area (Å²) in [7, 11) is 1.70. The highest BCUT2D eigenvalue weighted by atomic mass is 16.6. The van der Waals surface area contributed by atoms with Gasteiger partial charge in [0.25, 0.3) is 5.91 Å². The van der Waals surface area contributed by atoms with Crippen molar-refractivity contribution in [1.29, 1.82) is 0 Å². The van der Waals surface area contributed by atoms with E-state index in [2.05, 4.69) is 19.1 Å². The van der Waals surface area contributed by atoms with Crippen LogP contribution >= 0.6 is 0 Å². The van der Waals surface area contributed by atoms with Crippen LogP contribution in [-0.4, -0.2) is 43.6 Å². The van der Waals surface area contributed by atoms with Gasteiger partial charge < -0.3 is 19.1 Å². The van der Waals surface area contributed by atoms with Crippen molar-refractivity contribution in [3.05, 3.63) is 59.2 Å². The maximum atomic E-state index is 12.2. The third kappa shape index (κ3) is 5.25. The molecule has 28 heavy (non-hydrogen) atoms. The number of esters is 1. The van der Waals surface area contributed by atoms with Crippen LogP contribution in [0.5, 0.6) is 11.5 Å². The summed E-state index contributed by atoms with van der Waals surface area (Å²) >= 11 is 0. The van der Waals surface area contributed by atoms with Gasteiger partial charge in [0, 0.05) is 13.6 Å². The SMILES string of the molecule is CCc1ccc(CN(C)C(=O)COC(=O)Cc2ccc3c(c2)OCCO3)cc1. The van der Waals surface area contributed by atoms with Crippen LogP contribution in [-0.2, 0) is 33.7 Å². The molecule has 0 atom stereocenters. The number of ether oxygens (including phenoxy) is 3. The standard InChI is InChI=1S/C22H25NO5/c1-3-16-4-6-17(7-5-16)14-23(2)21(24)15-28-22(25)13-18-8-9-19-20(12-18)27-11-10-26-19/h4-9,12H,3,10-11,13-15H2,1-2H3. The van der Waals surface area contributed by atoms with E-state index >= 15 is 0 Å². The fourth-order valence-electron chi connectivity index (χ4n) is 2.91. The second-order valence-corrected chi connectivity index (χ2v) is 6.74. The Balaban J connectivity index is 1.46. The summed E-state index contributed by atoms with van der Waals surface area (Å²) in [5, 5.41) is 0. The first-order valence-electron chi connectivity index (χ1n) is 9.41. The van der Waals surface area contributed by atoms with Crippen LogP contribution in [0.15, 0.2) is 42.5 Å². The van der Waals surface area contributed by atoms with E-state index in [-0.39, 0.29) is 18.9 Å². The van der Waals surface area contributed by atoms with E-state index in [1.807, 2.05) is 12.1 Å². The lowest BCUT2D eigenvalue weighted by molar-refractivity contribution is -0.151. The zero-order valence-corrected chi connectivity index (χ0v) is 16.3. The molecule has 1 amide bonds. The second-order valence-electron chi connectivity index (χ2n) is 6.74. The number of aryl methyl sites for hydroxylation is 1. The van der Waals surface area contributed by atoms with Gasteiger partial charge in [-0.25, -0.2) is 0 Å². The summed E-state index contributed by atoms with van der Waals surface area (Å²) in [5.74, 6) is 0.606. The van der Waals surface area contributed by atoms with E-state index in [1.54, 1.807) is 30.1 Å². The van der Waals surface area contributed by atoms with Gasteiger partial charge in [-0.15, -0.1) is 0 Å². The van der Waals surface area contributed by atoms with Gasteiger partial charge in [-0.3, -0.25) is 9.59 Å². The maximum absolute atomic E-state index is 12.2. The van der Waals surface area contributed by atoms with Crippen LogP contribution < -0.4 is 9.47 Å². The summed E-state index contributed by atoms with van der Waals surface area (Å²) in [6.45, 7) is 3.31. The molecule has 0 fully saturated rings. The number of hydrogen-bond acceptors (Lipinski definition) is 5. The third-order valence-corrected chi connectivity index (χ3v) is 4.59. The van der Waals surface area contributed by atoms with E-state index in [0.717, 1.165) is 17.5 Å². The zero-order valence-electron chi connectivity index (χ0n) is 16.3. The van der Waals surface area contributed by atoms with Crippen LogP contribution in [0.4, 0.5) is 0 Å². The van der Waals surface area contributed by atoms with Crippen molar-refractivity contribution in [3.8, 4) is 11.5 Å². The molecule has 0 saturated heterocycles. The second kappa shape index (κ2) is 9.26. The minimum Gasteiger partial charge on any atom is -0.486 e. The first-order chi connectivity index (χ1) is 13.5. The molecule has 0 radical (unpaired) electrons. The van der Waals surface area contributed by atoms with E-state index < -0.39 is 5.97 Å². The van der Waals surface area contributed by atoms with Crippen molar-refractivity contribution in [2.45, 2.75) is 26.3 Å². The van der Waals surface area contributed by atoms with Crippen LogP contribution in [0.2, 0.25) is 0 Å². The number of likely N-dealkylation sites (N-methyl/N-ethyl adjacent to an activating group) is 1. The first-order valence-corrected chi connectivity index (χ1v) is 9.41. The molecule has 6 heteroatoms. The fourth-order valence-corrected chi connectivity index (χ4v) is 2.91. The van der Waals surface area contributed by atoms with Crippen LogP contribution in [0.1, 0.15) is 23.6 Å². The zero-order chi connectivity index (χ0) is 19.9. The average Bonchev–Trinajstić information content (AvgIpc) is 2.72. The van der Waals surface area contributed by atoms with Gasteiger partial charge in [-0.1, -0.05) is 37.3 Å². The minimum absolute atomic E-state index is 0.0755. The number of rotatable bonds is 7. The quantitative estimate of drug-likeness (QED) is 0.688. The monoisotopic (exact) mass is 383 g/mol. The number of carbonyl (C=O) groups excluding carboxylic acids is 2. The normalized spacial score (nSPS) is 12.4. The molecule has 3 rings (SSSR count). The Hall–Kier alpha value is -3.02. The topological polar surface area (TPSA) is 65.1 Å². The van der Waals surface area contributed by atoms with Crippen molar-refractivity contribution < 1.29 is 23.8 Å². The van der Waals surface area contributed by atoms with Crippen molar-refractivity contribution in [1.82, 2.24) is 4.90 Å². The summed E-state index contributed by atoms with van der Waals surface area (Å²) in [6, 6.07) is 13.5. The Morgan fingerprint density at radius 1 is 0.964 bits per heavy atom. The Morgan fingerprint density at radius 2 is 1.61 bits per heavy atom. The summed E-state index contributed by atoms with van der Waals surface area (Å²) < 4.78 is 16.1. The molecule has 1 heterocycles. The van der Waals surface area contributed by atoms with Crippen molar-refractivity contribution in [2.75, 3.05) is 26.9 Å². The number of amides is 1. The molecule has 0 unspecified atom stereocenters. The lowest BCUT2D eigenvalue weighted by Crippen LogP contribution is -2.31. The van der Waals surface area contributed by atoms with Gasteiger partial charge in [0.05, 0.1) is 6.42 Å². The van der Waals surface area contributed by atoms with Gasteiger partial charge in [0.1, 0.15) is 13.2 Å². The molecule has 1 aliphatic rings. The van der Waals surface area contributed by atoms with E-state index in [1.165, 1.54) is 5.56 Å².